The predicted octanol–water partition coefficient (Wildman–Crippen LogP) is 5.68. The van der Waals surface area contributed by atoms with Crippen LogP contribution in [0.1, 0.15) is 46.1 Å². The molecule has 5 nitrogen and oxygen atoms in total. The highest BCUT2D eigenvalue weighted by atomic mass is 35.5. The van der Waals surface area contributed by atoms with Crippen molar-refractivity contribution in [3.63, 3.8) is 0 Å². The van der Waals surface area contributed by atoms with Crippen molar-refractivity contribution in [2.45, 2.75) is 46.1 Å². The molecular formula is C18H23Cl2N3O2S. The van der Waals surface area contributed by atoms with Crippen LogP contribution in [0.5, 0.6) is 0 Å². The highest BCUT2D eigenvalue weighted by Crippen LogP contribution is 2.37. The van der Waals surface area contributed by atoms with E-state index in [1.807, 2.05) is 20.8 Å². The third-order valence-corrected chi connectivity index (χ3v) is 5.72. The second-order valence-electron chi connectivity index (χ2n) is 6.07. The summed E-state index contributed by atoms with van der Waals surface area (Å²) in [4.78, 5) is 25.9. The molecule has 0 aliphatic rings. The summed E-state index contributed by atoms with van der Waals surface area (Å²) in [6.07, 6.45) is 2.46. The van der Waals surface area contributed by atoms with Gasteiger partial charge in [-0.15, -0.1) is 0 Å². The fourth-order valence-corrected chi connectivity index (χ4v) is 4.16. The third-order valence-electron chi connectivity index (χ3n) is 4.06. The topological polar surface area (TPSA) is 70.0 Å². The average Bonchev–Trinajstić information content (AvgIpc) is 2.84. The van der Waals surface area contributed by atoms with Crippen LogP contribution in [0.4, 0.5) is 10.6 Å². The van der Waals surface area contributed by atoms with E-state index in [1.54, 1.807) is 18.2 Å². The van der Waals surface area contributed by atoms with Crippen molar-refractivity contribution in [1.82, 2.24) is 9.36 Å². The summed E-state index contributed by atoms with van der Waals surface area (Å²) < 4.78 is 2.71. The monoisotopic (exact) mass is 415 g/mol. The molecule has 2 N–H and O–H groups in total. The van der Waals surface area contributed by atoms with Gasteiger partial charge in [0, 0.05) is 11.3 Å². The van der Waals surface area contributed by atoms with Crippen molar-refractivity contribution < 1.29 is 4.79 Å². The van der Waals surface area contributed by atoms with Crippen LogP contribution in [0.3, 0.4) is 0 Å². The molecule has 26 heavy (non-hydrogen) atoms. The lowest BCUT2D eigenvalue weighted by Crippen LogP contribution is -2.29. The number of nitrogens with two attached hydrogens (primary N) is 1. The van der Waals surface area contributed by atoms with Crippen LogP contribution in [-0.4, -0.2) is 20.4 Å². The zero-order valence-electron chi connectivity index (χ0n) is 15.1. The van der Waals surface area contributed by atoms with Gasteiger partial charge in [-0.05, 0) is 31.9 Å². The minimum atomic E-state index is -0.358. The molecule has 8 heteroatoms. The molecule has 1 aromatic heterocycles. The normalized spacial score (nSPS) is 12.3. The van der Waals surface area contributed by atoms with E-state index in [-0.39, 0.29) is 28.2 Å². The van der Waals surface area contributed by atoms with Gasteiger partial charge in [0.2, 0.25) is 0 Å². The Balaban J connectivity index is 2.76. The van der Waals surface area contributed by atoms with Gasteiger partial charge in [-0.1, -0.05) is 61.3 Å². The third kappa shape index (κ3) is 3.97. The molecular weight excluding hydrogens is 393 g/mol. The van der Waals surface area contributed by atoms with Crippen LogP contribution in [0.15, 0.2) is 23.0 Å². The first-order valence-electron chi connectivity index (χ1n) is 8.59. The highest BCUT2D eigenvalue weighted by Gasteiger charge is 2.28. The maximum atomic E-state index is 13.2. The van der Waals surface area contributed by atoms with Crippen LogP contribution in [0.2, 0.25) is 10.0 Å². The smallest absolute Gasteiger partial charge is 0.306 e. The summed E-state index contributed by atoms with van der Waals surface area (Å²) in [6.45, 7) is 5.91. The fourth-order valence-electron chi connectivity index (χ4n) is 2.88. The molecule has 1 atom stereocenters. The molecule has 2 rings (SSSR count). The van der Waals surface area contributed by atoms with Crippen molar-refractivity contribution in [1.29, 1.82) is 0 Å². The largest absolute Gasteiger partial charge is 0.383 e. The molecule has 0 aliphatic carbocycles. The number of benzene rings is 1. The van der Waals surface area contributed by atoms with E-state index in [0.717, 1.165) is 31.0 Å². The zero-order chi connectivity index (χ0) is 19.4. The first-order valence-corrected chi connectivity index (χ1v) is 10.3. The number of nitrogen functional groups attached to an aromatic ring is 1. The van der Waals surface area contributed by atoms with Gasteiger partial charge in [-0.25, -0.2) is 4.68 Å². The Morgan fingerprint density at radius 3 is 2.35 bits per heavy atom. The van der Waals surface area contributed by atoms with E-state index in [1.165, 1.54) is 9.36 Å². The molecule has 0 aliphatic heterocycles. The number of carbonyl (C=O) groups excluding carboxylic acids is 1. The summed E-state index contributed by atoms with van der Waals surface area (Å²) in [5.41, 5.74) is 6.45. The van der Waals surface area contributed by atoms with Gasteiger partial charge >= 0.3 is 5.24 Å². The first kappa shape index (κ1) is 20.9. The molecule has 1 heterocycles. The van der Waals surface area contributed by atoms with Crippen LogP contribution in [0.25, 0.3) is 11.1 Å². The van der Waals surface area contributed by atoms with Gasteiger partial charge in [0.15, 0.2) is 0 Å². The Morgan fingerprint density at radius 1 is 1.19 bits per heavy atom. The Labute approximate surface area is 167 Å². The summed E-state index contributed by atoms with van der Waals surface area (Å²) >= 11 is 13.7. The molecule has 0 saturated heterocycles. The summed E-state index contributed by atoms with van der Waals surface area (Å²) in [5, 5.41) is 0.364. The number of anilines is 1. The molecule has 142 valence electrons. The van der Waals surface area contributed by atoms with Crippen molar-refractivity contribution in [2.24, 2.45) is 0 Å². The van der Waals surface area contributed by atoms with Crippen LogP contribution in [0, 0.1) is 0 Å². The Kier molecular flexibility index (Phi) is 7.26. The van der Waals surface area contributed by atoms with Gasteiger partial charge < -0.3 is 5.73 Å². The van der Waals surface area contributed by atoms with Gasteiger partial charge in [-0.3, -0.25) is 9.59 Å². The van der Waals surface area contributed by atoms with Gasteiger partial charge in [0.25, 0.3) is 5.56 Å². The minimum Gasteiger partial charge on any atom is -0.383 e. The van der Waals surface area contributed by atoms with Crippen LogP contribution in [-0.2, 0) is 0 Å². The maximum absolute atomic E-state index is 13.2. The molecule has 1 unspecified atom stereocenters. The van der Waals surface area contributed by atoms with E-state index in [2.05, 4.69) is 0 Å². The highest BCUT2D eigenvalue weighted by molar-refractivity contribution is 8.13. The average molecular weight is 416 g/mol. The molecule has 0 saturated carbocycles. The van der Waals surface area contributed by atoms with E-state index in [4.69, 9.17) is 28.9 Å². The Hall–Kier alpha value is -1.37. The van der Waals surface area contributed by atoms with E-state index in [0.29, 0.717) is 21.4 Å². The second kappa shape index (κ2) is 9.02. The van der Waals surface area contributed by atoms with Crippen LogP contribution < -0.4 is 11.3 Å². The maximum Gasteiger partial charge on any atom is 0.306 e. The first-order chi connectivity index (χ1) is 12.3. The molecule has 0 spiro atoms. The van der Waals surface area contributed by atoms with Crippen LogP contribution >= 0.6 is 35.0 Å². The predicted molar refractivity (Wildman–Crippen MR) is 112 cm³/mol. The van der Waals surface area contributed by atoms with E-state index >= 15 is 0 Å². The molecule has 0 amide bonds. The Morgan fingerprint density at radius 2 is 1.81 bits per heavy atom. The molecule has 1 aromatic carbocycles. The number of thioether (sulfide) groups is 1. The van der Waals surface area contributed by atoms with Crippen molar-refractivity contribution in [3.05, 3.63) is 38.6 Å². The molecule has 0 bridgehead atoms. The number of nitrogens with zero attached hydrogens (tertiary/aromatic N) is 2. The standard InChI is InChI=1S/C18H23Cl2N3O2S/c1-4-7-11(3)22-17(24)15(14-12(19)8-6-9-13(14)20)16(21)23(22)18(25)26-10-5-2/h6,8-9,11H,4-5,7,10,21H2,1-3H3. The fraction of sp³-hybridized carbons (Fsp3) is 0.444. The zero-order valence-corrected chi connectivity index (χ0v) is 17.4. The Bertz CT molecular complexity index is 841. The number of hydrogen-bond donors (Lipinski definition) is 1. The molecule has 2 aromatic rings. The van der Waals surface area contributed by atoms with Crippen molar-refractivity contribution in [3.8, 4) is 11.1 Å². The van der Waals surface area contributed by atoms with Crippen molar-refractivity contribution in [2.75, 3.05) is 11.5 Å². The lowest BCUT2D eigenvalue weighted by molar-refractivity contribution is 0.252. The minimum absolute atomic E-state index is 0.0709. The number of hydrogen-bond acceptors (Lipinski definition) is 4. The number of aromatic nitrogens is 2. The molecule has 0 radical (unpaired) electrons. The summed E-state index contributed by atoms with van der Waals surface area (Å²) in [7, 11) is 0. The quantitative estimate of drug-likeness (QED) is 0.658. The lowest BCUT2D eigenvalue weighted by Gasteiger charge is -2.17. The number of carbonyl (C=O) groups is 1. The summed E-state index contributed by atoms with van der Waals surface area (Å²) in [6, 6.07) is 4.80. The SMILES string of the molecule is CCCSC(=O)n1c(N)c(-c2c(Cl)cccc2Cl)c(=O)n1C(C)CCC. The number of halogens is 2. The van der Waals surface area contributed by atoms with E-state index in [9.17, 15) is 9.59 Å². The number of rotatable bonds is 6. The van der Waals surface area contributed by atoms with E-state index < -0.39 is 0 Å². The van der Waals surface area contributed by atoms with Gasteiger partial charge in [0.05, 0.1) is 21.7 Å². The van der Waals surface area contributed by atoms with Crippen molar-refractivity contribution >= 4 is 46.0 Å². The lowest BCUT2D eigenvalue weighted by atomic mass is 10.1. The second-order valence-corrected chi connectivity index (χ2v) is 7.93. The summed E-state index contributed by atoms with van der Waals surface area (Å²) in [5.74, 6) is 0.719. The molecule has 0 fully saturated rings. The van der Waals surface area contributed by atoms with Gasteiger partial charge in [-0.2, -0.15) is 4.68 Å². The van der Waals surface area contributed by atoms with Gasteiger partial charge in [0.1, 0.15) is 5.82 Å².